The highest BCUT2D eigenvalue weighted by molar-refractivity contribution is 5.80. The molecule has 0 saturated carbocycles. The van der Waals surface area contributed by atoms with Gasteiger partial charge in [-0.3, -0.25) is 9.59 Å². The van der Waals surface area contributed by atoms with Crippen molar-refractivity contribution in [3.63, 3.8) is 0 Å². The normalized spacial score (nSPS) is 19.1. The van der Waals surface area contributed by atoms with E-state index >= 15 is 0 Å². The number of hydrogen-bond acceptors (Lipinski definition) is 10. The van der Waals surface area contributed by atoms with E-state index in [-0.39, 0.29) is 13.0 Å². The Labute approximate surface area is 485 Å². The maximum absolute atomic E-state index is 13.4. The Morgan fingerprint density at radius 1 is 0.494 bits per heavy atom. The van der Waals surface area contributed by atoms with Crippen molar-refractivity contribution >= 4 is 11.9 Å². The fourth-order valence-electron chi connectivity index (χ4n) is 10.4. The zero-order valence-electron chi connectivity index (χ0n) is 51.2. The van der Waals surface area contributed by atoms with Gasteiger partial charge in [0, 0.05) is 6.42 Å². The van der Waals surface area contributed by atoms with Crippen LogP contribution in [0.15, 0.2) is 48.6 Å². The average Bonchev–Trinajstić information content (AvgIpc) is 3.47. The predicted octanol–water partition coefficient (Wildman–Crippen LogP) is 16.4. The summed E-state index contributed by atoms with van der Waals surface area (Å²) in [7, 11) is 0. The molecule has 1 saturated heterocycles. The van der Waals surface area contributed by atoms with Gasteiger partial charge in [0.2, 0.25) is 5.91 Å². The molecule has 79 heavy (non-hydrogen) atoms. The van der Waals surface area contributed by atoms with Gasteiger partial charge in [-0.1, -0.05) is 288 Å². The third-order valence-electron chi connectivity index (χ3n) is 15.7. The van der Waals surface area contributed by atoms with E-state index in [4.69, 9.17) is 14.2 Å². The van der Waals surface area contributed by atoms with Gasteiger partial charge in [0.05, 0.1) is 25.4 Å². The van der Waals surface area contributed by atoms with E-state index < -0.39 is 67.4 Å². The van der Waals surface area contributed by atoms with Crippen LogP contribution in [0.4, 0.5) is 0 Å². The van der Waals surface area contributed by atoms with Crippen LogP contribution in [0.25, 0.3) is 0 Å². The molecule has 0 aliphatic carbocycles. The Bertz CT molecular complexity index is 1470. The first kappa shape index (κ1) is 74.6. The van der Waals surface area contributed by atoms with Crippen molar-refractivity contribution < 1.29 is 49.3 Å². The third kappa shape index (κ3) is 43.9. The lowest BCUT2D eigenvalue weighted by molar-refractivity contribution is -0.305. The first-order valence-corrected chi connectivity index (χ1v) is 33.4. The molecule has 6 N–H and O–H groups in total. The van der Waals surface area contributed by atoms with Gasteiger partial charge in [-0.2, -0.15) is 0 Å². The standard InChI is InChI=1S/C68H125NO10/c1-4-7-10-13-16-19-22-24-25-26-27-28-29-30-31-32-33-34-35-36-37-38-41-44-47-50-53-56-63(73)79-66-65(75)64(74)62(57-70)78-68(66)77-58-59(60(71)54-51-48-45-42-39-21-18-15-12-9-6-3)69-67(76)61(72)55-52-49-46-43-40-23-20-17-14-11-8-5-2/h16,19,24-25,27-28,51,54,59-62,64-66,68,70-72,74-75H,4-15,17-18,20-23,26,29-50,52-53,55-58H2,1-3H3,(H,69,76)/b19-16-,25-24-,28-27-,54-51+. The first-order valence-electron chi connectivity index (χ1n) is 33.4. The molecule has 1 rings (SSSR count). The van der Waals surface area contributed by atoms with E-state index in [9.17, 15) is 35.1 Å². The molecule has 0 radical (unpaired) electrons. The lowest BCUT2D eigenvalue weighted by atomic mass is 9.99. The van der Waals surface area contributed by atoms with Crippen molar-refractivity contribution in [3.8, 4) is 0 Å². The SMILES string of the molecule is CCCCC/C=C\C/C=C\C/C=C\CCCCCCCCCCCCCCCCC(=O)OC1C(OCC(NC(=O)C(O)CCCCCCCCCCCCCC)C(O)/C=C/CCCCCCCCCCC)OC(CO)C(O)C1O. The maximum Gasteiger partial charge on any atom is 0.306 e. The molecule has 1 amide bonds. The summed E-state index contributed by atoms with van der Waals surface area (Å²) in [6.45, 7) is 5.77. The van der Waals surface area contributed by atoms with Gasteiger partial charge in [-0.25, -0.2) is 0 Å². The molecule has 1 aliphatic rings. The van der Waals surface area contributed by atoms with Crippen molar-refractivity contribution in [3.05, 3.63) is 48.6 Å². The number of amides is 1. The van der Waals surface area contributed by atoms with Crippen molar-refractivity contribution in [2.24, 2.45) is 0 Å². The van der Waals surface area contributed by atoms with E-state index in [1.165, 1.54) is 193 Å². The minimum atomic E-state index is -1.61. The van der Waals surface area contributed by atoms with E-state index in [0.717, 1.165) is 70.6 Å². The van der Waals surface area contributed by atoms with Gasteiger partial charge in [-0.15, -0.1) is 0 Å². The van der Waals surface area contributed by atoms with Crippen LogP contribution in [0.1, 0.15) is 310 Å². The van der Waals surface area contributed by atoms with Crippen LogP contribution in [0.5, 0.6) is 0 Å². The number of rotatable bonds is 57. The van der Waals surface area contributed by atoms with Crippen molar-refractivity contribution in [1.29, 1.82) is 0 Å². The average molecular weight is 1120 g/mol. The van der Waals surface area contributed by atoms with Gasteiger partial charge in [0.15, 0.2) is 12.4 Å². The summed E-state index contributed by atoms with van der Waals surface area (Å²) in [5.41, 5.74) is 0. The molecular formula is C68H125NO10. The zero-order chi connectivity index (χ0) is 57.5. The van der Waals surface area contributed by atoms with Crippen molar-refractivity contribution in [1.82, 2.24) is 5.32 Å². The molecule has 0 aromatic carbocycles. The highest BCUT2D eigenvalue weighted by Gasteiger charge is 2.47. The Morgan fingerprint density at radius 2 is 0.873 bits per heavy atom. The smallest absolute Gasteiger partial charge is 0.306 e. The number of carbonyl (C=O) groups is 2. The summed E-state index contributed by atoms with van der Waals surface area (Å²) in [6, 6.07) is -1.02. The zero-order valence-corrected chi connectivity index (χ0v) is 51.2. The number of hydrogen-bond donors (Lipinski definition) is 6. The molecule has 1 fully saturated rings. The van der Waals surface area contributed by atoms with Gasteiger partial charge in [0.1, 0.15) is 24.4 Å². The Balaban J connectivity index is 2.52. The molecular weight excluding hydrogens is 991 g/mol. The van der Waals surface area contributed by atoms with E-state index in [0.29, 0.717) is 19.3 Å². The van der Waals surface area contributed by atoms with E-state index in [1.807, 2.05) is 6.08 Å². The molecule has 11 heteroatoms. The fraction of sp³-hybridized carbons (Fsp3) is 0.853. The summed E-state index contributed by atoms with van der Waals surface area (Å²) in [5.74, 6) is -1.19. The monoisotopic (exact) mass is 1120 g/mol. The molecule has 8 atom stereocenters. The molecule has 462 valence electrons. The largest absolute Gasteiger partial charge is 0.454 e. The summed E-state index contributed by atoms with van der Waals surface area (Å²) in [4.78, 5) is 26.5. The van der Waals surface area contributed by atoms with Crippen molar-refractivity contribution in [2.45, 2.75) is 359 Å². The van der Waals surface area contributed by atoms with Crippen LogP contribution < -0.4 is 5.32 Å². The number of aliphatic hydroxyl groups excluding tert-OH is 5. The molecule has 0 bridgehead atoms. The second kappa shape index (κ2) is 56.1. The lowest BCUT2D eigenvalue weighted by Crippen LogP contribution is -2.61. The molecule has 0 aromatic heterocycles. The number of esters is 1. The molecule has 0 spiro atoms. The molecule has 8 unspecified atom stereocenters. The van der Waals surface area contributed by atoms with Crippen LogP contribution in [-0.4, -0.2) is 99.6 Å². The van der Waals surface area contributed by atoms with E-state index in [1.54, 1.807) is 6.08 Å². The molecule has 1 heterocycles. The molecule has 0 aromatic rings. The van der Waals surface area contributed by atoms with Gasteiger partial charge in [0.25, 0.3) is 0 Å². The Kier molecular flexibility index (Phi) is 53.0. The predicted molar refractivity (Wildman–Crippen MR) is 329 cm³/mol. The quantitative estimate of drug-likeness (QED) is 0.0195. The summed E-state index contributed by atoms with van der Waals surface area (Å²) >= 11 is 0. The van der Waals surface area contributed by atoms with Gasteiger partial charge in [-0.05, 0) is 64.2 Å². The highest BCUT2D eigenvalue weighted by atomic mass is 16.7. The number of nitrogens with one attached hydrogen (secondary N) is 1. The molecule has 1 aliphatic heterocycles. The number of aliphatic hydroxyl groups is 5. The number of unbranched alkanes of at least 4 members (excludes halogenated alkanes) is 37. The van der Waals surface area contributed by atoms with Crippen LogP contribution in [-0.2, 0) is 23.8 Å². The Morgan fingerprint density at radius 3 is 1.33 bits per heavy atom. The second-order valence-electron chi connectivity index (χ2n) is 23.2. The number of carbonyl (C=O) groups excluding carboxylic acids is 2. The van der Waals surface area contributed by atoms with Crippen molar-refractivity contribution in [2.75, 3.05) is 13.2 Å². The van der Waals surface area contributed by atoms with Crippen LogP contribution in [0.3, 0.4) is 0 Å². The second-order valence-corrected chi connectivity index (χ2v) is 23.2. The summed E-state index contributed by atoms with van der Waals surface area (Å²) in [5, 5.41) is 57.0. The fourth-order valence-corrected chi connectivity index (χ4v) is 10.4. The lowest BCUT2D eigenvalue weighted by Gasteiger charge is -2.41. The highest BCUT2D eigenvalue weighted by Crippen LogP contribution is 2.26. The number of allylic oxidation sites excluding steroid dienone is 7. The Hall–Kier alpha value is -2.38. The first-order chi connectivity index (χ1) is 38.7. The summed E-state index contributed by atoms with van der Waals surface area (Å²) < 4.78 is 17.6. The van der Waals surface area contributed by atoms with Crippen LogP contribution >= 0.6 is 0 Å². The topological polar surface area (TPSA) is 175 Å². The molecule has 11 nitrogen and oxygen atoms in total. The minimum absolute atomic E-state index is 0.125. The minimum Gasteiger partial charge on any atom is -0.454 e. The number of ether oxygens (including phenoxy) is 3. The summed E-state index contributed by atoms with van der Waals surface area (Å²) in [6.07, 6.45) is 58.8. The van der Waals surface area contributed by atoms with Gasteiger partial charge < -0.3 is 45.1 Å². The van der Waals surface area contributed by atoms with Gasteiger partial charge >= 0.3 is 5.97 Å². The van der Waals surface area contributed by atoms with E-state index in [2.05, 4.69) is 62.5 Å². The van der Waals surface area contributed by atoms with Crippen LogP contribution in [0, 0.1) is 0 Å². The third-order valence-corrected chi connectivity index (χ3v) is 15.7. The maximum atomic E-state index is 13.4. The van der Waals surface area contributed by atoms with Crippen LogP contribution in [0.2, 0.25) is 0 Å².